The van der Waals surface area contributed by atoms with Crippen LogP contribution in [-0.2, 0) is 27.4 Å². The molecule has 3 unspecified atom stereocenters. The number of nitrogens with two attached hydrogens (primary N) is 1. The van der Waals surface area contributed by atoms with Crippen molar-refractivity contribution < 1.29 is 19.4 Å². The number of benzene rings is 3. The molecule has 0 radical (unpaired) electrons. The Morgan fingerprint density at radius 2 is 1.57 bits per heavy atom. The lowest BCUT2D eigenvalue weighted by Crippen LogP contribution is -2.57. The zero-order valence-corrected chi connectivity index (χ0v) is 22.7. The highest BCUT2D eigenvalue weighted by atomic mass is 16.7. The summed E-state index contributed by atoms with van der Waals surface area (Å²) in [5.74, 6) is 0.130. The Morgan fingerprint density at radius 1 is 0.900 bits per heavy atom. The van der Waals surface area contributed by atoms with Crippen LogP contribution in [0.15, 0.2) is 78.9 Å². The summed E-state index contributed by atoms with van der Waals surface area (Å²) in [4.78, 5) is 17.8. The first-order valence-electron chi connectivity index (χ1n) is 14.2. The maximum absolute atomic E-state index is 13.1. The summed E-state index contributed by atoms with van der Waals surface area (Å²) >= 11 is 0. The Morgan fingerprint density at radius 3 is 2.25 bits per heavy atom. The maximum Gasteiger partial charge on any atom is 0.247 e. The number of hydrogen-bond acceptors (Lipinski definition) is 7. The number of aliphatic hydroxyl groups excluding tert-OH is 1. The predicted molar refractivity (Wildman–Crippen MR) is 153 cm³/mol. The van der Waals surface area contributed by atoms with Gasteiger partial charge in [0.05, 0.1) is 25.5 Å². The van der Waals surface area contributed by atoms with E-state index in [-0.39, 0.29) is 24.7 Å². The second-order valence-electron chi connectivity index (χ2n) is 11.1. The molecule has 3 aliphatic heterocycles. The molecule has 0 bridgehead atoms. The topological polar surface area (TPSA) is 100 Å². The predicted octanol–water partition coefficient (Wildman–Crippen LogP) is 3.61. The van der Waals surface area contributed by atoms with Gasteiger partial charge in [-0.05, 0) is 41.7 Å². The average Bonchev–Trinajstić information content (AvgIpc) is 3.33. The van der Waals surface area contributed by atoms with E-state index in [4.69, 9.17) is 15.2 Å². The summed E-state index contributed by atoms with van der Waals surface area (Å²) in [5, 5.41) is 12.6. The SMILES string of the molecule is NCc1ccc(C2OC(CN3CCC4(CC3)C(=O)NCN4c3ccccc3)CC(c3ccc(CO)cc3)O2)cc1. The number of anilines is 1. The van der Waals surface area contributed by atoms with E-state index >= 15 is 0 Å². The van der Waals surface area contributed by atoms with Gasteiger partial charge in [0.15, 0.2) is 6.29 Å². The maximum atomic E-state index is 13.1. The number of nitrogens with zero attached hydrogens (tertiary/aromatic N) is 2. The van der Waals surface area contributed by atoms with Crippen LogP contribution in [0.5, 0.6) is 0 Å². The van der Waals surface area contributed by atoms with E-state index in [1.807, 2.05) is 66.7 Å². The molecule has 3 aromatic carbocycles. The van der Waals surface area contributed by atoms with Crippen molar-refractivity contribution in [3.8, 4) is 0 Å². The van der Waals surface area contributed by atoms with Gasteiger partial charge in [0.25, 0.3) is 0 Å². The fourth-order valence-electron chi connectivity index (χ4n) is 6.27. The van der Waals surface area contributed by atoms with Crippen LogP contribution in [-0.4, -0.2) is 53.9 Å². The molecule has 40 heavy (non-hydrogen) atoms. The van der Waals surface area contributed by atoms with Crippen molar-refractivity contribution in [3.05, 3.63) is 101 Å². The highest BCUT2D eigenvalue weighted by Gasteiger charge is 2.50. The van der Waals surface area contributed by atoms with Crippen molar-refractivity contribution in [2.75, 3.05) is 31.2 Å². The van der Waals surface area contributed by atoms with Crippen LogP contribution in [0.25, 0.3) is 0 Å². The van der Waals surface area contributed by atoms with E-state index < -0.39 is 11.8 Å². The van der Waals surface area contributed by atoms with Crippen LogP contribution in [0.4, 0.5) is 5.69 Å². The van der Waals surface area contributed by atoms with Gasteiger partial charge in [0.1, 0.15) is 5.54 Å². The van der Waals surface area contributed by atoms with Crippen LogP contribution >= 0.6 is 0 Å². The minimum Gasteiger partial charge on any atom is -0.392 e. The molecule has 3 aromatic rings. The lowest BCUT2D eigenvalue weighted by Gasteiger charge is -2.45. The van der Waals surface area contributed by atoms with Crippen molar-refractivity contribution >= 4 is 11.6 Å². The summed E-state index contributed by atoms with van der Waals surface area (Å²) in [7, 11) is 0. The summed E-state index contributed by atoms with van der Waals surface area (Å²) in [6.45, 7) is 3.48. The monoisotopic (exact) mass is 542 g/mol. The fourth-order valence-corrected chi connectivity index (χ4v) is 6.27. The second-order valence-corrected chi connectivity index (χ2v) is 11.1. The highest BCUT2D eigenvalue weighted by Crippen LogP contribution is 2.40. The number of carbonyl (C=O) groups is 1. The summed E-state index contributed by atoms with van der Waals surface area (Å²) in [5.41, 5.74) is 10.4. The first-order chi connectivity index (χ1) is 19.6. The molecule has 210 valence electrons. The lowest BCUT2D eigenvalue weighted by molar-refractivity contribution is -0.253. The number of ether oxygens (including phenoxy) is 2. The smallest absolute Gasteiger partial charge is 0.247 e. The van der Waals surface area contributed by atoms with E-state index in [0.29, 0.717) is 13.2 Å². The Balaban J connectivity index is 1.17. The number of amides is 1. The summed E-state index contributed by atoms with van der Waals surface area (Å²) < 4.78 is 13.0. The van der Waals surface area contributed by atoms with Crippen molar-refractivity contribution in [2.45, 2.75) is 56.5 Å². The van der Waals surface area contributed by atoms with Crippen molar-refractivity contribution in [2.24, 2.45) is 5.73 Å². The quantitative estimate of drug-likeness (QED) is 0.419. The summed E-state index contributed by atoms with van der Waals surface area (Å²) in [6.07, 6.45) is 1.62. The van der Waals surface area contributed by atoms with Crippen LogP contribution in [0.3, 0.4) is 0 Å². The molecule has 3 fully saturated rings. The highest BCUT2D eigenvalue weighted by molar-refractivity contribution is 5.93. The van der Waals surface area contributed by atoms with Crippen molar-refractivity contribution in [1.29, 1.82) is 0 Å². The zero-order chi connectivity index (χ0) is 27.5. The molecular weight excluding hydrogens is 504 g/mol. The van der Waals surface area contributed by atoms with E-state index in [0.717, 1.165) is 66.8 Å². The van der Waals surface area contributed by atoms with Crippen LogP contribution in [0, 0.1) is 0 Å². The van der Waals surface area contributed by atoms with Crippen molar-refractivity contribution in [1.82, 2.24) is 10.2 Å². The molecule has 0 aromatic heterocycles. The van der Waals surface area contributed by atoms with Crippen molar-refractivity contribution in [3.63, 3.8) is 0 Å². The number of likely N-dealkylation sites (tertiary alicyclic amines) is 1. The molecular formula is C32H38N4O4. The van der Waals surface area contributed by atoms with Crippen LogP contribution < -0.4 is 16.0 Å². The zero-order valence-electron chi connectivity index (χ0n) is 22.7. The van der Waals surface area contributed by atoms with Gasteiger partial charge in [-0.25, -0.2) is 0 Å². The minimum atomic E-state index is -0.501. The van der Waals surface area contributed by atoms with E-state index in [1.54, 1.807) is 0 Å². The molecule has 8 heteroatoms. The number of piperidine rings is 1. The standard InChI is InChI=1S/C32H38N4O4/c33-19-23-6-12-26(13-7-23)30-39-28(18-29(40-30)25-10-8-24(21-37)9-11-25)20-35-16-14-32(15-17-35)31(38)34-22-36(32)27-4-2-1-3-5-27/h1-13,28-30,37H,14-22,33H2,(H,34,38). The van der Waals surface area contributed by atoms with Gasteiger partial charge in [-0.3, -0.25) is 4.79 Å². The van der Waals surface area contributed by atoms with E-state index in [2.05, 4.69) is 27.2 Å². The van der Waals surface area contributed by atoms with Gasteiger partial charge in [0, 0.05) is 43.9 Å². The second kappa shape index (κ2) is 11.7. The normalized spacial score (nSPS) is 24.8. The van der Waals surface area contributed by atoms with Gasteiger partial charge in [-0.2, -0.15) is 0 Å². The third kappa shape index (κ3) is 5.38. The molecule has 0 aliphatic carbocycles. The summed E-state index contributed by atoms with van der Waals surface area (Å²) in [6, 6.07) is 26.3. The Bertz CT molecular complexity index is 1220. The van der Waals surface area contributed by atoms with Gasteiger partial charge >= 0.3 is 0 Å². The molecule has 1 spiro atoms. The molecule has 1 amide bonds. The molecule has 3 atom stereocenters. The molecule has 0 saturated carbocycles. The van der Waals surface area contributed by atoms with E-state index in [9.17, 15) is 9.90 Å². The Labute approximate surface area is 235 Å². The largest absolute Gasteiger partial charge is 0.392 e. The fraction of sp³-hybridized carbons (Fsp3) is 0.406. The van der Waals surface area contributed by atoms with Gasteiger partial charge in [-0.15, -0.1) is 0 Å². The first kappa shape index (κ1) is 26.9. The minimum absolute atomic E-state index is 0.0177. The number of para-hydroxylation sites is 1. The van der Waals surface area contributed by atoms with E-state index in [1.165, 1.54) is 0 Å². The lowest BCUT2D eigenvalue weighted by atomic mass is 9.85. The molecule has 3 heterocycles. The molecule has 3 saturated heterocycles. The number of carbonyl (C=O) groups excluding carboxylic acids is 1. The number of nitrogens with one attached hydrogen (secondary N) is 1. The number of hydrogen-bond donors (Lipinski definition) is 3. The first-order valence-corrected chi connectivity index (χ1v) is 14.2. The van der Waals surface area contributed by atoms with Gasteiger partial charge in [-0.1, -0.05) is 66.7 Å². The van der Waals surface area contributed by atoms with Gasteiger partial charge < -0.3 is 35.4 Å². The number of aliphatic hydroxyl groups is 1. The molecule has 3 aliphatic rings. The Kier molecular flexibility index (Phi) is 7.87. The van der Waals surface area contributed by atoms with Gasteiger partial charge in [0.2, 0.25) is 5.91 Å². The van der Waals surface area contributed by atoms with Crippen LogP contribution in [0.2, 0.25) is 0 Å². The molecule has 8 nitrogen and oxygen atoms in total. The number of rotatable bonds is 7. The van der Waals surface area contributed by atoms with Crippen LogP contribution in [0.1, 0.15) is 53.9 Å². The average molecular weight is 543 g/mol. The molecule has 6 rings (SSSR count). The third-order valence-electron chi connectivity index (χ3n) is 8.65. The molecule has 4 N–H and O–H groups in total. The Hall–Kier alpha value is -3.27. The third-order valence-corrected chi connectivity index (χ3v) is 8.65.